The van der Waals surface area contributed by atoms with Crippen molar-refractivity contribution in [3.63, 3.8) is 0 Å². The van der Waals surface area contributed by atoms with Crippen LogP contribution in [0.15, 0.2) is 46.9 Å². The van der Waals surface area contributed by atoms with E-state index in [-0.39, 0.29) is 5.76 Å². The summed E-state index contributed by atoms with van der Waals surface area (Å²) in [5, 5.41) is 13.0. The van der Waals surface area contributed by atoms with E-state index in [1.54, 1.807) is 0 Å². The van der Waals surface area contributed by atoms with E-state index in [0.29, 0.717) is 6.54 Å². The van der Waals surface area contributed by atoms with E-state index in [1.807, 2.05) is 30.3 Å². The Morgan fingerprint density at radius 1 is 1.18 bits per heavy atom. The van der Waals surface area contributed by atoms with E-state index in [2.05, 4.69) is 9.73 Å². The summed E-state index contributed by atoms with van der Waals surface area (Å²) in [7, 11) is 0. The molecule has 0 saturated heterocycles. The molecule has 1 aromatic carbocycles. The monoisotopic (exact) mass is 304 g/mol. The molecule has 0 aliphatic rings. The van der Waals surface area contributed by atoms with Crippen LogP contribution in [0.2, 0.25) is 0 Å². The van der Waals surface area contributed by atoms with Crippen LogP contribution in [0.1, 0.15) is 16.1 Å². The Morgan fingerprint density at radius 3 is 2.55 bits per heavy atom. The van der Waals surface area contributed by atoms with Gasteiger partial charge in [0, 0.05) is 6.54 Å². The van der Waals surface area contributed by atoms with Crippen molar-refractivity contribution in [3.05, 3.63) is 63.9 Å². The zero-order valence-electron chi connectivity index (χ0n) is 11.4. The maximum Gasteiger partial charge on any atom is 0.433 e. The van der Waals surface area contributed by atoms with E-state index in [4.69, 9.17) is 4.74 Å². The molecule has 1 N–H and O–H groups in total. The van der Waals surface area contributed by atoms with Gasteiger partial charge >= 0.3 is 11.9 Å². The van der Waals surface area contributed by atoms with Crippen LogP contribution in [0.4, 0.5) is 5.88 Å². The molecular weight excluding hydrogens is 292 g/mol. The molecule has 1 heterocycles. The summed E-state index contributed by atoms with van der Waals surface area (Å²) in [6.07, 6.45) is 0. The van der Waals surface area contributed by atoms with Gasteiger partial charge in [0.25, 0.3) is 5.91 Å². The van der Waals surface area contributed by atoms with Crippen molar-refractivity contribution < 1.29 is 23.7 Å². The van der Waals surface area contributed by atoms with Crippen LogP contribution in [0.3, 0.4) is 0 Å². The van der Waals surface area contributed by atoms with Gasteiger partial charge < -0.3 is 14.5 Å². The fourth-order valence-corrected chi connectivity index (χ4v) is 1.59. The Hall–Kier alpha value is -3.16. The lowest BCUT2D eigenvalue weighted by atomic mass is 10.2. The quantitative estimate of drug-likeness (QED) is 0.493. The van der Waals surface area contributed by atoms with Crippen molar-refractivity contribution in [3.8, 4) is 0 Å². The number of furan rings is 1. The average molecular weight is 304 g/mol. The van der Waals surface area contributed by atoms with Crippen LogP contribution in [-0.2, 0) is 16.1 Å². The number of nitro groups is 1. The number of hydrogen-bond acceptors (Lipinski definition) is 6. The molecule has 0 radical (unpaired) electrons. The Morgan fingerprint density at radius 2 is 1.91 bits per heavy atom. The molecule has 22 heavy (non-hydrogen) atoms. The minimum absolute atomic E-state index is 0.309. The molecule has 1 aromatic heterocycles. The highest BCUT2D eigenvalue weighted by atomic mass is 16.7. The van der Waals surface area contributed by atoms with Crippen molar-refractivity contribution >= 4 is 17.8 Å². The van der Waals surface area contributed by atoms with Crippen LogP contribution in [0.5, 0.6) is 0 Å². The highest BCUT2D eigenvalue weighted by molar-refractivity contribution is 5.89. The minimum Gasteiger partial charge on any atom is -0.450 e. The summed E-state index contributed by atoms with van der Waals surface area (Å²) in [6, 6.07) is 11.4. The number of nitrogens with zero attached hydrogens (tertiary/aromatic N) is 1. The first kappa shape index (κ1) is 15.2. The molecule has 0 fully saturated rings. The average Bonchev–Trinajstić information content (AvgIpc) is 3.02. The Labute approximate surface area is 124 Å². The lowest BCUT2D eigenvalue weighted by Gasteiger charge is -2.05. The molecule has 2 rings (SSSR count). The number of benzene rings is 1. The third kappa shape index (κ3) is 4.17. The van der Waals surface area contributed by atoms with Gasteiger partial charge in [0.05, 0.1) is 6.07 Å². The second-order valence-corrected chi connectivity index (χ2v) is 4.23. The van der Waals surface area contributed by atoms with Gasteiger partial charge in [-0.15, -0.1) is 0 Å². The third-order valence-corrected chi connectivity index (χ3v) is 2.64. The Balaban J connectivity index is 1.78. The standard InChI is InChI=1S/C14H12N2O6/c17-12(15-8-10-4-2-1-3-5-10)9-21-14(18)11-6-7-13(22-11)16(19)20/h1-7H,8-9H2,(H,15,17). The molecular formula is C14H12N2O6. The predicted octanol–water partition coefficient (Wildman–Crippen LogP) is 1.66. The van der Waals surface area contributed by atoms with Gasteiger partial charge in [-0.2, -0.15) is 0 Å². The van der Waals surface area contributed by atoms with E-state index >= 15 is 0 Å². The third-order valence-electron chi connectivity index (χ3n) is 2.64. The SMILES string of the molecule is O=C(COC(=O)c1ccc([N+](=O)[O-])o1)NCc1ccccc1. The summed E-state index contributed by atoms with van der Waals surface area (Å²) in [5.74, 6) is -2.33. The summed E-state index contributed by atoms with van der Waals surface area (Å²) in [6.45, 7) is -0.191. The molecule has 0 aliphatic heterocycles. The number of ether oxygens (including phenoxy) is 1. The van der Waals surface area contributed by atoms with Gasteiger partial charge in [-0.1, -0.05) is 30.3 Å². The highest BCUT2D eigenvalue weighted by Crippen LogP contribution is 2.16. The first-order valence-corrected chi connectivity index (χ1v) is 6.28. The van der Waals surface area contributed by atoms with Gasteiger partial charge in [-0.05, 0) is 11.6 Å². The first-order valence-electron chi connectivity index (χ1n) is 6.28. The van der Waals surface area contributed by atoms with E-state index < -0.39 is 29.3 Å². The largest absolute Gasteiger partial charge is 0.450 e. The van der Waals surface area contributed by atoms with Crippen molar-refractivity contribution in [2.45, 2.75) is 6.54 Å². The van der Waals surface area contributed by atoms with Gasteiger partial charge in [0.1, 0.15) is 4.92 Å². The topological polar surface area (TPSA) is 112 Å². The number of amides is 1. The lowest BCUT2D eigenvalue weighted by Crippen LogP contribution is -2.28. The van der Waals surface area contributed by atoms with E-state index in [1.165, 1.54) is 0 Å². The summed E-state index contributed by atoms with van der Waals surface area (Å²) in [4.78, 5) is 32.7. The first-order chi connectivity index (χ1) is 10.6. The fraction of sp³-hybridized carbons (Fsp3) is 0.143. The number of carbonyl (C=O) groups is 2. The molecule has 8 heteroatoms. The van der Waals surface area contributed by atoms with Crippen LogP contribution in [0, 0.1) is 10.1 Å². The molecule has 114 valence electrons. The van der Waals surface area contributed by atoms with Crippen molar-refractivity contribution in [1.82, 2.24) is 5.32 Å². The molecule has 0 aliphatic carbocycles. The number of nitrogens with one attached hydrogen (secondary N) is 1. The van der Waals surface area contributed by atoms with Crippen LogP contribution >= 0.6 is 0 Å². The maximum absolute atomic E-state index is 11.5. The number of carbonyl (C=O) groups excluding carboxylic acids is 2. The molecule has 0 unspecified atom stereocenters. The fourth-order valence-electron chi connectivity index (χ4n) is 1.59. The van der Waals surface area contributed by atoms with Gasteiger partial charge in [-0.25, -0.2) is 4.79 Å². The summed E-state index contributed by atoms with van der Waals surface area (Å²) >= 11 is 0. The molecule has 1 amide bonds. The molecule has 0 bridgehead atoms. The molecule has 2 aromatic rings. The second-order valence-electron chi connectivity index (χ2n) is 4.23. The zero-order valence-corrected chi connectivity index (χ0v) is 11.4. The maximum atomic E-state index is 11.5. The molecule has 0 saturated carbocycles. The van der Waals surface area contributed by atoms with Crippen LogP contribution < -0.4 is 5.32 Å². The van der Waals surface area contributed by atoms with E-state index in [9.17, 15) is 19.7 Å². The highest BCUT2D eigenvalue weighted by Gasteiger charge is 2.19. The van der Waals surface area contributed by atoms with Crippen molar-refractivity contribution in [1.29, 1.82) is 0 Å². The molecule has 0 spiro atoms. The Bertz CT molecular complexity index is 680. The minimum atomic E-state index is -0.942. The van der Waals surface area contributed by atoms with Crippen LogP contribution in [-0.4, -0.2) is 23.4 Å². The molecule has 8 nitrogen and oxygen atoms in total. The summed E-state index contributed by atoms with van der Waals surface area (Å²) in [5.41, 5.74) is 0.906. The second kappa shape index (κ2) is 7.02. The molecule has 0 atom stereocenters. The van der Waals surface area contributed by atoms with Crippen molar-refractivity contribution in [2.24, 2.45) is 0 Å². The van der Waals surface area contributed by atoms with Gasteiger partial charge in [0.15, 0.2) is 6.61 Å². The van der Waals surface area contributed by atoms with Crippen molar-refractivity contribution in [2.75, 3.05) is 6.61 Å². The Kier molecular flexibility index (Phi) is 4.86. The summed E-state index contributed by atoms with van der Waals surface area (Å²) < 4.78 is 9.37. The number of rotatable bonds is 6. The zero-order chi connectivity index (χ0) is 15.9. The van der Waals surface area contributed by atoms with Crippen LogP contribution in [0.25, 0.3) is 0 Å². The normalized spacial score (nSPS) is 10.0. The number of hydrogen-bond donors (Lipinski definition) is 1. The number of esters is 1. The van der Waals surface area contributed by atoms with Gasteiger partial charge in [-0.3, -0.25) is 14.9 Å². The van der Waals surface area contributed by atoms with Gasteiger partial charge in [0.2, 0.25) is 5.76 Å². The lowest BCUT2D eigenvalue weighted by molar-refractivity contribution is -0.402. The van der Waals surface area contributed by atoms with E-state index in [0.717, 1.165) is 17.7 Å². The predicted molar refractivity (Wildman–Crippen MR) is 73.9 cm³/mol. The smallest absolute Gasteiger partial charge is 0.433 e.